The minimum absolute atomic E-state index is 0.288. The van der Waals surface area contributed by atoms with E-state index in [1.807, 2.05) is 39.8 Å². The molecule has 0 spiro atoms. The molecule has 0 saturated heterocycles. The van der Waals surface area contributed by atoms with E-state index >= 15 is 0 Å². The Morgan fingerprint density at radius 2 is 2.12 bits per heavy atom. The van der Waals surface area contributed by atoms with Crippen molar-refractivity contribution >= 4 is 11.9 Å². The second-order valence-corrected chi connectivity index (χ2v) is 6.93. The molecule has 6 heteroatoms. The molecule has 1 N–H and O–H groups in total. The lowest BCUT2D eigenvalue weighted by Gasteiger charge is -2.30. The highest BCUT2D eigenvalue weighted by Gasteiger charge is 2.39. The van der Waals surface area contributed by atoms with Crippen LogP contribution in [0.25, 0.3) is 0 Å². The predicted octanol–water partition coefficient (Wildman–Crippen LogP) is 2.70. The smallest absolute Gasteiger partial charge is 0.336 e. The van der Waals surface area contributed by atoms with E-state index in [-0.39, 0.29) is 17.4 Å². The van der Waals surface area contributed by atoms with E-state index in [1.54, 1.807) is 12.4 Å². The van der Waals surface area contributed by atoms with Crippen LogP contribution in [0.3, 0.4) is 0 Å². The lowest BCUT2D eigenvalue weighted by Crippen LogP contribution is -2.31. The molecule has 3 rings (SSSR count). The van der Waals surface area contributed by atoms with Crippen LogP contribution >= 0.6 is 0 Å². The van der Waals surface area contributed by atoms with Crippen molar-refractivity contribution in [2.75, 3.05) is 13.7 Å². The van der Waals surface area contributed by atoms with Gasteiger partial charge in [-0.25, -0.2) is 9.79 Å². The zero-order valence-corrected chi connectivity index (χ0v) is 15.2. The number of rotatable bonds is 3. The molecule has 0 bridgehead atoms. The van der Waals surface area contributed by atoms with Crippen molar-refractivity contribution in [3.8, 4) is 0 Å². The van der Waals surface area contributed by atoms with Crippen LogP contribution < -0.4 is 5.32 Å². The van der Waals surface area contributed by atoms with Gasteiger partial charge in [0.25, 0.3) is 0 Å². The first-order valence-corrected chi connectivity index (χ1v) is 8.24. The van der Waals surface area contributed by atoms with Gasteiger partial charge in [-0.15, -0.1) is 0 Å². The molecule has 2 aliphatic heterocycles. The van der Waals surface area contributed by atoms with Crippen LogP contribution in [0.15, 0.2) is 52.1 Å². The maximum Gasteiger partial charge on any atom is 0.336 e. The van der Waals surface area contributed by atoms with Crippen LogP contribution in [0.4, 0.5) is 0 Å². The fourth-order valence-electron chi connectivity index (χ4n) is 3.26. The number of methoxy groups -OCH3 is 1. The fraction of sp³-hybridized carbons (Fsp3) is 0.421. The van der Waals surface area contributed by atoms with Crippen molar-refractivity contribution in [2.24, 2.45) is 4.99 Å². The number of ether oxygens (including phenoxy) is 2. The molecule has 132 valence electrons. The normalized spacial score (nSPS) is 22.3. The first-order valence-electron chi connectivity index (χ1n) is 8.24. The van der Waals surface area contributed by atoms with Crippen molar-refractivity contribution in [3.63, 3.8) is 0 Å². The van der Waals surface area contributed by atoms with Crippen molar-refractivity contribution in [1.82, 2.24) is 10.3 Å². The molecule has 1 aromatic rings. The molecule has 1 aromatic heterocycles. The number of aliphatic imine (C=N–C) groups is 1. The van der Waals surface area contributed by atoms with Gasteiger partial charge in [0.1, 0.15) is 6.61 Å². The molecule has 0 saturated carbocycles. The molecule has 3 heterocycles. The number of hydrogen-bond acceptors (Lipinski definition) is 6. The number of pyridine rings is 1. The molecular formula is C19H23N3O3. The molecular weight excluding hydrogens is 318 g/mol. The molecule has 0 amide bonds. The number of aromatic nitrogens is 1. The van der Waals surface area contributed by atoms with E-state index in [0.29, 0.717) is 18.1 Å². The first kappa shape index (κ1) is 17.2. The SMILES string of the molecule is COC(=O)C1=C(C)NC(C)=C(C2=NC(C)(C)CO2)[C@H]1c1cccnc1. The average molecular weight is 341 g/mol. The monoisotopic (exact) mass is 341 g/mol. The zero-order chi connectivity index (χ0) is 18.2. The highest BCUT2D eigenvalue weighted by Crippen LogP contribution is 2.40. The maximum absolute atomic E-state index is 12.5. The molecule has 0 aliphatic carbocycles. The van der Waals surface area contributed by atoms with Crippen molar-refractivity contribution in [3.05, 3.63) is 52.6 Å². The predicted molar refractivity (Wildman–Crippen MR) is 95.0 cm³/mol. The fourth-order valence-corrected chi connectivity index (χ4v) is 3.26. The number of carbonyl (C=O) groups excluding carboxylic acids is 1. The Kier molecular flexibility index (Phi) is 4.37. The minimum atomic E-state index is -0.373. The van der Waals surface area contributed by atoms with Gasteiger partial charge in [-0.2, -0.15) is 0 Å². The van der Waals surface area contributed by atoms with Crippen LogP contribution in [-0.4, -0.2) is 36.1 Å². The number of nitrogens with zero attached hydrogens (tertiary/aromatic N) is 2. The molecule has 2 aliphatic rings. The number of carbonyl (C=O) groups is 1. The highest BCUT2D eigenvalue weighted by atomic mass is 16.5. The Morgan fingerprint density at radius 1 is 1.36 bits per heavy atom. The summed E-state index contributed by atoms with van der Waals surface area (Å²) in [5, 5.41) is 3.28. The second kappa shape index (κ2) is 6.35. The summed E-state index contributed by atoms with van der Waals surface area (Å²) >= 11 is 0. The Morgan fingerprint density at radius 3 is 2.68 bits per heavy atom. The summed E-state index contributed by atoms with van der Waals surface area (Å²) in [6, 6.07) is 3.81. The zero-order valence-electron chi connectivity index (χ0n) is 15.2. The van der Waals surface area contributed by atoms with Crippen LogP contribution in [0.1, 0.15) is 39.2 Å². The molecule has 0 unspecified atom stereocenters. The highest BCUT2D eigenvalue weighted by molar-refractivity contribution is 6.02. The Balaban J connectivity index is 2.18. The standard InChI is InChI=1S/C19H23N3O3/c1-11-14(17-22-19(3,4)10-25-17)16(13-7-6-8-20-9-13)15(12(2)21-11)18(23)24-5/h6-9,16,21H,10H2,1-5H3/t16-/m1/s1. The van der Waals surface area contributed by atoms with Crippen LogP contribution in [0.2, 0.25) is 0 Å². The van der Waals surface area contributed by atoms with Crippen LogP contribution in [0, 0.1) is 0 Å². The van der Waals surface area contributed by atoms with Crippen molar-refractivity contribution in [1.29, 1.82) is 0 Å². The quantitative estimate of drug-likeness (QED) is 0.856. The van der Waals surface area contributed by atoms with Gasteiger partial charge in [-0.1, -0.05) is 6.07 Å². The van der Waals surface area contributed by atoms with E-state index in [1.165, 1.54) is 7.11 Å². The van der Waals surface area contributed by atoms with Gasteiger partial charge in [-0.05, 0) is 39.3 Å². The molecule has 1 atom stereocenters. The van der Waals surface area contributed by atoms with E-state index in [0.717, 1.165) is 22.5 Å². The number of allylic oxidation sites excluding steroid dienone is 2. The van der Waals surface area contributed by atoms with Crippen molar-refractivity contribution < 1.29 is 14.3 Å². The lowest BCUT2D eigenvalue weighted by atomic mass is 9.81. The molecule has 0 fully saturated rings. The summed E-state index contributed by atoms with van der Waals surface area (Å²) in [4.78, 5) is 21.4. The number of esters is 1. The average Bonchev–Trinajstić information content (AvgIpc) is 2.93. The van der Waals surface area contributed by atoms with E-state index < -0.39 is 0 Å². The van der Waals surface area contributed by atoms with Crippen LogP contribution in [0.5, 0.6) is 0 Å². The van der Waals surface area contributed by atoms with E-state index in [9.17, 15) is 4.79 Å². The molecule has 0 radical (unpaired) electrons. The summed E-state index contributed by atoms with van der Waals surface area (Å²) in [7, 11) is 1.39. The molecule has 6 nitrogen and oxygen atoms in total. The Labute approximate surface area is 147 Å². The number of dihydropyridines is 1. The summed E-state index contributed by atoms with van der Waals surface area (Å²) < 4.78 is 10.9. The summed E-state index contributed by atoms with van der Waals surface area (Å²) in [6.07, 6.45) is 3.47. The van der Waals surface area contributed by atoms with Gasteiger partial charge < -0.3 is 14.8 Å². The molecule has 0 aromatic carbocycles. The summed E-state index contributed by atoms with van der Waals surface area (Å²) in [5.41, 5.74) is 3.69. The van der Waals surface area contributed by atoms with Crippen LogP contribution in [-0.2, 0) is 14.3 Å². The minimum Gasteiger partial charge on any atom is -0.475 e. The summed E-state index contributed by atoms with van der Waals surface area (Å²) in [6.45, 7) is 8.39. The van der Waals surface area contributed by atoms with E-state index in [4.69, 9.17) is 14.5 Å². The number of hydrogen-bond donors (Lipinski definition) is 1. The largest absolute Gasteiger partial charge is 0.475 e. The van der Waals surface area contributed by atoms with Gasteiger partial charge in [-0.3, -0.25) is 4.98 Å². The lowest BCUT2D eigenvalue weighted by molar-refractivity contribution is -0.136. The topological polar surface area (TPSA) is 72.8 Å². The second-order valence-electron chi connectivity index (χ2n) is 6.93. The summed E-state index contributed by atoms with van der Waals surface area (Å²) in [5.74, 6) is -0.144. The first-order chi connectivity index (χ1) is 11.8. The van der Waals surface area contributed by atoms with Gasteiger partial charge in [0.2, 0.25) is 5.90 Å². The molecule has 25 heavy (non-hydrogen) atoms. The third-order valence-corrected chi connectivity index (χ3v) is 4.38. The van der Waals surface area contributed by atoms with Gasteiger partial charge in [0.05, 0.1) is 24.1 Å². The Bertz CT molecular complexity index is 791. The Hall–Kier alpha value is -2.63. The van der Waals surface area contributed by atoms with Crippen molar-refractivity contribution in [2.45, 2.75) is 39.2 Å². The van der Waals surface area contributed by atoms with Gasteiger partial charge in [0.15, 0.2) is 0 Å². The van der Waals surface area contributed by atoms with E-state index in [2.05, 4.69) is 10.3 Å². The third kappa shape index (κ3) is 3.16. The third-order valence-electron chi connectivity index (χ3n) is 4.38. The van der Waals surface area contributed by atoms with Gasteiger partial charge in [0, 0.05) is 29.4 Å². The maximum atomic E-state index is 12.5. The number of nitrogens with one attached hydrogen (secondary N) is 1. The van der Waals surface area contributed by atoms with Gasteiger partial charge >= 0.3 is 5.97 Å².